The molecule has 0 radical (unpaired) electrons. The average Bonchev–Trinajstić information content (AvgIpc) is 2.55. The number of rotatable bonds is 2. The maximum atomic E-state index is 12.5. The van der Waals surface area contributed by atoms with E-state index in [1.165, 1.54) is 0 Å². The van der Waals surface area contributed by atoms with Gasteiger partial charge < -0.3 is 9.16 Å². The third kappa shape index (κ3) is 5.30. The topological polar surface area (TPSA) is 35.5 Å². The number of carbonyl (C=O) groups is 1. The Bertz CT molecular complexity index is 643. The molecule has 2 atom stereocenters. The fourth-order valence-corrected chi connectivity index (χ4v) is 4.39. The molecule has 1 aliphatic rings. The quantitative estimate of drug-likeness (QED) is 0.375. The highest BCUT2D eigenvalue weighted by molar-refractivity contribution is 6.74. The summed E-state index contributed by atoms with van der Waals surface area (Å²) in [6, 6.07) is 7.71. The molecule has 0 aliphatic carbocycles. The number of carbonyl (C=O) groups excluding carboxylic acids is 1. The molecule has 3 nitrogen and oxygen atoms in total. The summed E-state index contributed by atoms with van der Waals surface area (Å²) >= 11 is 0. The van der Waals surface area contributed by atoms with Crippen LogP contribution in [-0.2, 0) is 15.6 Å². The Balaban J connectivity index is 2.17. The predicted molar refractivity (Wildman–Crippen MR) is 110 cm³/mol. The summed E-state index contributed by atoms with van der Waals surface area (Å²) in [5.74, 6) is 0.169. The van der Waals surface area contributed by atoms with Crippen LogP contribution in [-0.4, -0.2) is 27.0 Å². The fraction of sp³-hybridized carbons (Fsp3) is 0.591. The zero-order valence-corrected chi connectivity index (χ0v) is 18.2. The summed E-state index contributed by atoms with van der Waals surface area (Å²) in [7, 11) is -1.86. The second-order valence-electron chi connectivity index (χ2n) is 8.89. The Hall–Kier alpha value is -1.39. The van der Waals surface area contributed by atoms with E-state index in [0.717, 1.165) is 24.8 Å². The Morgan fingerprint density at radius 2 is 1.85 bits per heavy atom. The molecule has 1 aromatic carbocycles. The zero-order chi connectivity index (χ0) is 19.4. The lowest BCUT2D eigenvalue weighted by molar-refractivity contribution is 0.0387. The monoisotopic (exact) mass is 374 g/mol. The standard InChI is InChI=1S/C22H34O3Si/c1-17-11-7-8-12-18-13-9-10-14-19(18)21(23)24-16-15-20(17)25-26(5,6)22(2,3)4/h7-10,13-14,17,20H,11-12,15-16H2,1-6H3/b8-7+/t17-,20-/m1/s1. The van der Waals surface area contributed by atoms with Gasteiger partial charge in [-0.3, -0.25) is 0 Å². The van der Waals surface area contributed by atoms with Gasteiger partial charge in [0.05, 0.1) is 18.3 Å². The summed E-state index contributed by atoms with van der Waals surface area (Å²) in [5, 5.41) is 0.169. The van der Waals surface area contributed by atoms with Crippen molar-refractivity contribution in [3.8, 4) is 0 Å². The number of fused-ring (bicyclic) bond motifs is 1. The lowest BCUT2D eigenvalue weighted by Gasteiger charge is -2.41. The molecule has 0 N–H and O–H groups in total. The minimum Gasteiger partial charge on any atom is -0.462 e. The first-order valence-corrected chi connectivity index (χ1v) is 12.6. The SMILES string of the molecule is C[C@@H]1C/C=C/Cc2ccccc2C(=O)OCC[C@H]1O[Si](C)(C)C(C)(C)C. The molecule has 1 aliphatic heterocycles. The van der Waals surface area contributed by atoms with Gasteiger partial charge in [0.15, 0.2) is 8.32 Å². The van der Waals surface area contributed by atoms with Gasteiger partial charge in [0.25, 0.3) is 0 Å². The molecule has 144 valence electrons. The predicted octanol–water partition coefficient (Wildman–Crippen LogP) is 5.76. The van der Waals surface area contributed by atoms with E-state index >= 15 is 0 Å². The highest BCUT2D eigenvalue weighted by atomic mass is 28.4. The van der Waals surface area contributed by atoms with Crippen LogP contribution in [0.5, 0.6) is 0 Å². The number of hydrogen-bond acceptors (Lipinski definition) is 3. The van der Waals surface area contributed by atoms with E-state index < -0.39 is 8.32 Å². The molecule has 0 saturated heterocycles. The van der Waals surface area contributed by atoms with E-state index in [2.05, 4.69) is 52.9 Å². The largest absolute Gasteiger partial charge is 0.462 e. The van der Waals surface area contributed by atoms with Gasteiger partial charge in [-0.05, 0) is 48.5 Å². The van der Waals surface area contributed by atoms with Crippen LogP contribution in [0.15, 0.2) is 36.4 Å². The Morgan fingerprint density at radius 1 is 1.15 bits per heavy atom. The molecular formula is C22H34O3Si. The lowest BCUT2D eigenvalue weighted by atomic mass is 9.97. The van der Waals surface area contributed by atoms with E-state index in [9.17, 15) is 4.79 Å². The van der Waals surface area contributed by atoms with Crippen molar-refractivity contribution in [2.24, 2.45) is 5.92 Å². The number of allylic oxidation sites excluding steroid dienone is 2. The minimum absolute atomic E-state index is 0.114. The van der Waals surface area contributed by atoms with E-state index in [-0.39, 0.29) is 17.1 Å². The number of hydrogen-bond donors (Lipinski definition) is 0. The van der Waals surface area contributed by atoms with Gasteiger partial charge in [-0.15, -0.1) is 0 Å². The molecule has 0 unspecified atom stereocenters. The van der Waals surface area contributed by atoms with Crippen molar-refractivity contribution in [1.82, 2.24) is 0 Å². The maximum absolute atomic E-state index is 12.5. The average molecular weight is 375 g/mol. The van der Waals surface area contributed by atoms with Crippen LogP contribution in [0, 0.1) is 5.92 Å². The molecule has 2 rings (SSSR count). The fourth-order valence-electron chi connectivity index (χ4n) is 2.93. The van der Waals surface area contributed by atoms with Crippen LogP contribution < -0.4 is 0 Å². The maximum Gasteiger partial charge on any atom is 0.338 e. The van der Waals surface area contributed by atoms with Gasteiger partial charge in [-0.25, -0.2) is 4.79 Å². The van der Waals surface area contributed by atoms with Gasteiger partial charge >= 0.3 is 5.97 Å². The molecule has 0 fully saturated rings. The Morgan fingerprint density at radius 3 is 2.54 bits per heavy atom. The van der Waals surface area contributed by atoms with Gasteiger partial charge in [0, 0.05) is 6.42 Å². The molecule has 0 spiro atoms. The van der Waals surface area contributed by atoms with Crippen molar-refractivity contribution in [2.75, 3.05) is 6.61 Å². The first-order valence-electron chi connectivity index (χ1n) is 9.69. The lowest BCUT2D eigenvalue weighted by Crippen LogP contribution is -2.45. The molecule has 0 bridgehead atoms. The summed E-state index contributed by atoms with van der Waals surface area (Å²) in [5.41, 5.74) is 1.70. The minimum atomic E-state index is -1.86. The second kappa shape index (κ2) is 8.53. The van der Waals surface area contributed by atoms with E-state index in [4.69, 9.17) is 9.16 Å². The van der Waals surface area contributed by atoms with Crippen molar-refractivity contribution >= 4 is 14.3 Å². The summed E-state index contributed by atoms with van der Waals surface area (Å²) in [6.07, 6.45) is 6.99. The normalized spacial score (nSPS) is 24.0. The van der Waals surface area contributed by atoms with Crippen LogP contribution in [0.3, 0.4) is 0 Å². The third-order valence-electron chi connectivity index (χ3n) is 5.77. The summed E-state index contributed by atoms with van der Waals surface area (Å²) in [4.78, 5) is 12.5. The molecule has 26 heavy (non-hydrogen) atoms. The van der Waals surface area contributed by atoms with Crippen LogP contribution in [0.4, 0.5) is 0 Å². The molecule has 0 aromatic heterocycles. The molecule has 1 aromatic rings. The molecule has 4 heteroatoms. The van der Waals surface area contributed by atoms with Crippen molar-refractivity contribution in [1.29, 1.82) is 0 Å². The molecule has 0 saturated carbocycles. The number of cyclic esters (lactones) is 1. The van der Waals surface area contributed by atoms with Crippen LogP contribution in [0.1, 0.15) is 56.5 Å². The first kappa shape index (κ1) is 20.9. The second-order valence-corrected chi connectivity index (χ2v) is 13.6. The highest BCUT2D eigenvalue weighted by Gasteiger charge is 2.40. The smallest absolute Gasteiger partial charge is 0.338 e. The summed E-state index contributed by atoms with van der Waals surface area (Å²) < 4.78 is 12.3. The molecule has 0 amide bonds. The van der Waals surface area contributed by atoms with E-state index in [0.29, 0.717) is 18.1 Å². The van der Waals surface area contributed by atoms with Crippen molar-refractivity contribution in [3.05, 3.63) is 47.5 Å². The third-order valence-corrected chi connectivity index (χ3v) is 10.3. The van der Waals surface area contributed by atoms with Crippen LogP contribution >= 0.6 is 0 Å². The van der Waals surface area contributed by atoms with E-state index in [1.807, 2.05) is 24.3 Å². The highest BCUT2D eigenvalue weighted by Crippen LogP contribution is 2.38. The molecule has 1 heterocycles. The number of esters is 1. The van der Waals surface area contributed by atoms with Gasteiger partial charge in [-0.2, -0.15) is 0 Å². The van der Waals surface area contributed by atoms with Crippen LogP contribution in [0.2, 0.25) is 18.1 Å². The summed E-state index contributed by atoms with van der Waals surface area (Å²) in [6.45, 7) is 14.0. The van der Waals surface area contributed by atoms with Crippen LogP contribution in [0.25, 0.3) is 0 Å². The Kier molecular flexibility index (Phi) is 6.86. The Labute approximate surface area is 159 Å². The number of ether oxygens (including phenoxy) is 1. The molecular weight excluding hydrogens is 340 g/mol. The van der Waals surface area contributed by atoms with Gasteiger partial charge in [-0.1, -0.05) is 58.0 Å². The van der Waals surface area contributed by atoms with Crippen molar-refractivity contribution in [3.63, 3.8) is 0 Å². The zero-order valence-electron chi connectivity index (χ0n) is 17.2. The van der Waals surface area contributed by atoms with E-state index in [1.54, 1.807) is 0 Å². The van der Waals surface area contributed by atoms with Gasteiger partial charge in [0.1, 0.15) is 0 Å². The number of benzene rings is 1. The van der Waals surface area contributed by atoms with Crippen molar-refractivity contribution < 1.29 is 14.0 Å². The van der Waals surface area contributed by atoms with Gasteiger partial charge in [0.2, 0.25) is 0 Å². The van der Waals surface area contributed by atoms with Crippen molar-refractivity contribution in [2.45, 2.75) is 71.2 Å². The first-order chi connectivity index (χ1) is 12.1.